The van der Waals surface area contributed by atoms with Crippen molar-refractivity contribution >= 4 is 383 Å². The van der Waals surface area contributed by atoms with E-state index in [1.807, 2.05) is 383 Å². The van der Waals surface area contributed by atoms with E-state index in [1.165, 1.54) is 0 Å². The fourth-order valence-electron chi connectivity index (χ4n) is 3.64. The van der Waals surface area contributed by atoms with E-state index < -0.39 is 0 Å². The number of rotatable bonds is 29. The van der Waals surface area contributed by atoms with Gasteiger partial charge < -0.3 is 0 Å². The molecule has 0 N–H and O–H groups in total. The first-order chi connectivity index (χ1) is 29.9. The van der Waals surface area contributed by atoms with Crippen molar-refractivity contribution in [3.8, 4) is 0 Å². The van der Waals surface area contributed by atoms with Gasteiger partial charge in [0.25, 0.3) is 0 Å². The van der Waals surface area contributed by atoms with E-state index in [1.54, 1.807) is 7.00 Å². The molecule has 0 fully saturated rings. The van der Waals surface area contributed by atoms with Crippen molar-refractivity contribution in [2.24, 2.45) is 0 Å². The third-order valence-electron chi connectivity index (χ3n) is 6.42. The van der Waals surface area contributed by atoms with E-state index >= 15 is 0 Å². The van der Waals surface area contributed by atoms with E-state index in [4.69, 9.17) is 4.65 Å². The summed E-state index contributed by atoms with van der Waals surface area (Å²) in [5.74, 6) is 0. The summed E-state index contributed by atoms with van der Waals surface area (Å²) in [6.45, 7) is 112. The van der Waals surface area contributed by atoms with Gasteiger partial charge in [-0.2, -0.15) is 0 Å². The van der Waals surface area contributed by atoms with Crippen LogP contribution in [0.25, 0.3) is 0 Å². The molecule has 0 radical (unpaired) electrons. The second kappa shape index (κ2) is 62.5. The first-order valence-electron chi connectivity index (χ1n) is 20.1. The molecule has 192 valence electrons. The molecular formula is C2H7B57O. The minimum atomic E-state index is 0.686. The fourth-order valence-corrected chi connectivity index (χ4v) is 3.64. The van der Waals surface area contributed by atoms with Crippen LogP contribution in [0.15, 0.2) is 0 Å². The van der Waals surface area contributed by atoms with Crippen molar-refractivity contribution < 1.29 is 4.65 Å². The molecule has 1 nitrogen and oxygen atoms in total. The van der Waals surface area contributed by atoms with Gasteiger partial charge >= 0.3 is 401 Å². The van der Waals surface area contributed by atoms with Crippen LogP contribution in [0.4, 0.5) is 0 Å². The fraction of sp³-hybridized carbons (Fsp3) is 1.00. The Morgan fingerprint density at radius 2 is 0.317 bits per heavy atom. The van der Waals surface area contributed by atoms with E-state index in [0.717, 1.165) is 0 Å². The van der Waals surface area contributed by atoms with Gasteiger partial charge in [0.1, 0.15) is 0 Å². The van der Waals surface area contributed by atoms with Gasteiger partial charge in [-0.1, -0.05) is 0 Å². The summed E-state index contributed by atoms with van der Waals surface area (Å²) < 4.78 is 5.11. The second-order valence-electron chi connectivity index (χ2n) is 11.3. The average molecular weight is 663 g/mol. The van der Waals surface area contributed by atoms with Crippen molar-refractivity contribution in [2.75, 3.05) is 6.61 Å². The van der Waals surface area contributed by atoms with Crippen LogP contribution >= 0.6 is 0 Å². The summed E-state index contributed by atoms with van der Waals surface area (Å²) in [4.78, 5) is 0. The molecule has 0 aliphatic rings. The van der Waals surface area contributed by atoms with Crippen LogP contribution in [-0.2, 0) is 4.65 Å². The monoisotopic (exact) mass is 675 g/mol. The molecule has 0 bridgehead atoms. The van der Waals surface area contributed by atoms with Crippen LogP contribution in [0.5, 0.6) is 0 Å². The predicted molar refractivity (Wildman–Crippen MR) is 342 cm³/mol. The summed E-state index contributed by atoms with van der Waals surface area (Å²) in [6, 6.07) is 0. The molecule has 0 unspecified atom stereocenters. The van der Waals surface area contributed by atoms with Crippen LogP contribution in [-0.4, -0.2) is 389 Å². The van der Waals surface area contributed by atoms with E-state index in [9.17, 15) is 0 Å². The summed E-state index contributed by atoms with van der Waals surface area (Å²) >= 11 is 0. The van der Waals surface area contributed by atoms with Crippen LogP contribution in [0.3, 0.4) is 0 Å². The van der Waals surface area contributed by atoms with Gasteiger partial charge in [0, 0.05) is 0 Å². The zero-order chi connectivity index (χ0) is 43.0. The van der Waals surface area contributed by atoms with E-state index in [-0.39, 0.29) is 0 Å². The predicted octanol–water partition coefficient (Wildman–Crippen LogP) is -21.8. The normalized spacial score (nSPS) is 7.88. The maximum atomic E-state index is 5.11. The molecule has 58 heteroatoms. The SMILES string of the molecule is BB=BB=BB=BB=BB=BB=BB=BB=BB=BB=BB=BB=BB=BB=BB=BB=BB=BB=BB=BB=BB=BB=BB=BB=BB=BB=BB=BB=BOCC. The average Bonchev–Trinajstić information content (AvgIpc) is 3.26. The Morgan fingerprint density at radius 1 is 0.200 bits per heavy atom. The van der Waals surface area contributed by atoms with Crippen molar-refractivity contribution in [2.45, 2.75) is 6.92 Å². The molecule has 0 saturated carbocycles. The van der Waals surface area contributed by atoms with E-state index in [0.29, 0.717) is 6.61 Å². The molecule has 0 aromatic heterocycles. The second-order valence-corrected chi connectivity index (χ2v) is 11.3. The van der Waals surface area contributed by atoms with Gasteiger partial charge in [0.05, 0.1) is 0 Å². The quantitative estimate of drug-likeness (QED) is 0.0724. The summed E-state index contributed by atoms with van der Waals surface area (Å²) in [5.41, 5.74) is 0. The Labute approximate surface area is 397 Å². The third-order valence-corrected chi connectivity index (χ3v) is 6.42. The first-order valence-corrected chi connectivity index (χ1v) is 20.1. The number of hydrogen-bond donors (Lipinski definition) is 0. The molecule has 0 heterocycles. The Balaban J connectivity index is 4.07. The van der Waals surface area contributed by atoms with Crippen molar-refractivity contribution in [1.29, 1.82) is 0 Å². The first kappa shape index (κ1) is 63.5. The van der Waals surface area contributed by atoms with E-state index in [2.05, 4.69) is 0 Å². The molecule has 0 aromatic carbocycles. The zero-order valence-electron chi connectivity index (χ0n) is 35.4. The topological polar surface area (TPSA) is 9.23 Å². The zero-order valence-corrected chi connectivity index (χ0v) is 35.4. The summed E-state index contributed by atoms with van der Waals surface area (Å²) in [6.07, 6.45) is 0. The standard InChI is InChI=1S/C2H7B57O/c1-2-60-59-58-57-56-55-54-53-52-51-50-49-48-47-46-45-44-43-42-41-40-39-38-37-36-35-34-33-32-31-30-29-28-27-26-25-24-23-22-21-20-19-18-17-16-15-14-13-12-11-10-9-8-7-6-5-4-3/h2-3H2,1H3. The Morgan fingerprint density at radius 3 is 0.433 bits per heavy atom. The van der Waals surface area contributed by atoms with Crippen molar-refractivity contribution in [1.82, 2.24) is 0 Å². The Bertz CT molecular complexity index is 1940. The van der Waals surface area contributed by atoms with Gasteiger partial charge in [0.15, 0.2) is 0 Å². The van der Waals surface area contributed by atoms with Gasteiger partial charge in [-0.3, -0.25) is 0 Å². The molecule has 0 atom stereocenters. The van der Waals surface area contributed by atoms with Crippen LogP contribution in [0.1, 0.15) is 6.92 Å². The molecule has 0 rings (SSSR count). The maximum absolute atomic E-state index is 5.11. The molecule has 0 spiro atoms. The van der Waals surface area contributed by atoms with Gasteiger partial charge in [-0.05, 0) is 0 Å². The molecule has 0 aliphatic heterocycles. The number of hydrogen-bond acceptors (Lipinski definition) is 1. The Hall–Kier alpha value is 3.50. The molecule has 0 aliphatic carbocycles. The van der Waals surface area contributed by atoms with Crippen LogP contribution < -0.4 is 0 Å². The van der Waals surface area contributed by atoms with Gasteiger partial charge in [-0.25, -0.2) is 0 Å². The van der Waals surface area contributed by atoms with Gasteiger partial charge in [-0.15, -0.1) is 0 Å². The van der Waals surface area contributed by atoms with Crippen molar-refractivity contribution in [3.05, 3.63) is 0 Å². The molecule has 0 saturated heterocycles. The molecule has 0 amide bonds. The summed E-state index contributed by atoms with van der Waals surface area (Å²) in [7, 11) is 3.68. The van der Waals surface area contributed by atoms with Crippen LogP contribution in [0.2, 0.25) is 0 Å². The van der Waals surface area contributed by atoms with Crippen LogP contribution in [0, 0.1) is 0 Å². The molecule has 60 heavy (non-hydrogen) atoms. The van der Waals surface area contributed by atoms with Crippen molar-refractivity contribution in [3.63, 3.8) is 0 Å². The third kappa shape index (κ3) is 61.5. The Kier molecular flexibility index (Phi) is 66.1. The molecule has 0 aromatic rings. The molecular weight excluding hydrogens is 656 g/mol. The van der Waals surface area contributed by atoms with Gasteiger partial charge in [0.2, 0.25) is 0 Å². The minimum absolute atomic E-state index is 0.686. The summed E-state index contributed by atoms with van der Waals surface area (Å²) in [5, 5.41) is 0.